The van der Waals surface area contributed by atoms with Crippen molar-refractivity contribution in [2.75, 3.05) is 26.3 Å². The Bertz CT molecular complexity index is 472. The highest BCUT2D eigenvalue weighted by Crippen LogP contribution is 2.29. The normalized spacial score (nSPS) is 27.9. The van der Waals surface area contributed by atoms with Crippen LogP contribution in [0.4, 0.5) is 4.39 Å². The number of rotatable bonds is 4. The number of morpholine rings is 1. The fraction of sp³-hybridized carbons (Fsp3) is 0.667. The van der Waals surface area contributed by atoms with Crippen LogP contribution in [0.25, 0.3) is 0 Å². The molecule has 3 rings (SSSR count). The van der Waals surface area contributed by atoms with Crippen molar-refractivity contribution in [1.82, 2.24) is 4.90 Å². The topological polar surface area (TPSA) is 32.7 Å². The Morgan fingerprint density at radius 3 is 2.59 bits per heavy atom. The summed E-state index contributed by atoms with van der Waals surface area (Å²) < 4.78 is 19.0. The lowest BCUT2D eigenvalue weighted by Crippen LogP contribution is -2.58. The number of ether oxygens (including phenoxy) is 1. The quantitative estimate of drug-likeness (QED) is 0.928. The molecule has 122 valence electrons. The lowest BCUT2D eigenvalue weighted by atomic mass is 9.89. The Kier molecular flexibility index (Phi) is 5.11. The van der Waals surface area contributed by atoms with E-state index in [-0.39, 0.29) is 12.4 Å². The lowest BCUT2D eigenvalue weighted by Gasteiger charge is -2.46. The third kappa shape index (κ3) is 3.67. The van der Waals surface area contributed by atoms with E-state index in [9.17, 15) is 9.50 Å². The standard InChI is InChI=1S/C18H26FNO2/c19-16-8-6-15(7-9-16)12-18(14-21)13-20(10-11-22-18)17-4-2-1-3-5-17/h6-9,17,21H,1-5,10-14H2. The molecule has 1 saturated carbocycles. The van der Waals surface area contributed by atoms with Crippen LogP contribution in [0.2, 0.25) is 0 Å². The molecule has 0 bridgehead atoms. The molecule has 0 radical (unpaired) electrons. The van der Waals surface area contributed by atoms with E-state index >= 15 is 0 Å². The van der Waals surface area contributed by atoms with Crippen LogP contribution in [0.3, 0.4) is 0 Å². The molecule has 1 aliphatic heterocycles. The second-order valence-corrected chi connectivity index (χ2v) is 6.76. The summed E-state index contributed by atoms with van der Waals surface area (Å²) in [6.07, 6.45) is 7.13. The van der Waals surface area contributed by atoms with E-state index in [0.29, 0.717) is 19.1 Å². The van der Waals surface area contributed by atoms with Gasteiger partial charge in [0.2, 0.25) is 0 Å². The van der Waals surface area contributed by atoms with Gasteiger partial charge in [0.25, 0.3) is 0 Å². The van der Waals surface area contributed by atoms with E-state index in [1.165, 1.54) is 44.2 Å². The first kappa shape index (κ1) is 15.9. The summed E-state index contributed by atoms with van der Waals surface area (Å²) in [6, 6.07) is 7.16. The first-order valence-corrected chi connectivity index (χ1v) is 8.44. The fourth-order valence-electron chi connectivity index (χ4n) is 3.86. The number of halogens is 1. The summed E-state index contributed by atoms with van der Waals surface area (Å²) in [7, 11) is 0. The highest BCUT2D eigenvalue weighted by atomic mass is 19.1. The zero-order chi connectivity index (χ0) is 15.4. The number of benzene rings is 1. The van der Waals surface area contributed by atoms with Gasteiger partial charge in [-0.25, -0.2) is 4.39 Å². The second kappa shape index (κ2) is 7.07. The van der Waals surface area contributed by atoms with Crippen molar-refractivity contribution >= 4 is 0 Å². The summed E-state index contributed by atoms with van der Waals surface area (Å²) in [6.45, 7) is 2.40. The number of aliphatic hydroxyl groups excluding tert-OH is 1. The predicted octanol–water partition coefficient (Wildman–Crippen LogP) is 2.76. The number of nitrogens with zero attached hydrogens (tertiary/aromatic N) is 1. The molecule has 3 nitrogen and oxygen atoms in total. The molecule has 0 amide bonds. The summed E-state index contributed by atoms with van der Waals surface area (Å²) in [5, 5.41) is 9.95. The molecule has 1 unspecified atom stereocenters. The van der Waals surface area contributed by atoms with Crippen molar-refractivity contribution in [3.8, 4) is 0 Å². The maximum absolute atomic E-state index is 13.1. The average Bonchev–Trinajstić information content (AvgIpc) is 2.58. The Labute approximate surface area is 132 Å². The van der Waals surface area contributed by atoms with Gasteiger partial charge >= 0.3 is 0 Å². The van der Waals surface area contributed by atoms with Gasteiger partial charge in [0.05, 0.1) is 13.2 Å². The number of aliphatic hydroxyl groups is 1. The van der Waals surface area contributed by atoms with Gasteiger partial charge in [0, 0.05) is 25.6 Å². The Hall–Kier alpha value is -0.970. The van der Waals surface area contributed by atoms with Gasteiger partial charge in [-0.1, -0.05) is 31.4 Å². The number of hydrogen-bond donors (Lipinski definition) is 1. The minimum absolute atomic E-state index is 0.00754. The molecule has 4 heteroatoms. The average molecular weight is 307 g/mol. The Morgan fingerprint density at radius 2 is 1.91 bits per heavy atom. The van der Waals surface area contributed by atoms with Crippen LogP contribution in [0.15, 0.2) is 24.3 Å². The van der Waals surface area contributed by atoms with Gasteiger partial charge in [-0.05, 0) is 30.5 Å². The Morgan fingerprint density at radius 1 is 1.18 bits per heavy atom. The van der Waals surface area contributed by atoms with Crippen molar-refractivity contribution in [1.29, 1.82) is 0 Å². The van der Waals surface area contributed by atoms with Crippen LogP contribution < -0.4 is 0 Å². The van der Waals surface area contributed by atoms with E-state index in [4.69, 9.17) is 4.74 Å². The summed E-state index contributed by atoms with van der Waals surface area (Å²) in [5.41, 5.74) is 0.467. The summed E-state index contributed by atoms with van der Waals surface area (Å²) in [4.78, 5) is 2.50. The van der Waals surface area contributed by atoms with Crippen LogP contribution in [0.1, 0.15) is 37.7 Å². The minimum atomic E-state index is -0.548. The molecule has 1 saturated heterocycles. The molecular weight excluding hydrogens is 281 g/mol. The van der Waals surface area contributed by atoms with Gasteiger partial charge in [0.1, 0.15) is 11.4 Å². The van der Waals surface area contributed by atoms with Gasteiger partial charge < -0.3 is 9.84 Å². The van der Waals surface area contributed by atoms with Crippen LogP contribution in [-0.4, -0.2) is 48.0 Å². The summed E-state index contributed by atoms with van der Waals surface area (Å²) in [5.74, 6) is -0.227. The molecule has 1 N–H and O–H groups in total. The smallest absolute Gasteiger partial charge is 0.123 e. The third-order valence-corrected chi connectivity index (χ3v) is 5.10. The molecule has 22 heavy (non-hydrogen) atoms. The molecule has 2 fully saturated rings. The maximum Gasteiger partial charge on any atom is 0.123 e. The first-order chi connectivity index (χ1) is 10.7. The molecule has 0 spiro atoms. The molecule has 1 atom stereocenters. The lowest BCUT2D eigenvalue weighted by molar-refractivity contribution is -0.142. The van der Waals surface area contributed by atoms with Crippen LogP contribution in [-0.2, 0) is 11.2 Å². The molecule has 2 aliphatic rings. The predicted molar refractivity (Wildman–Crippen MR) is 84.3 cm³/mol. The van der Waals surface area contributed by atoms with Crippen LogP contribution in [0.5, 0.6) is 0 Å². The second-order valence-electron chi connectivity index (χ2n) is 6.76. The van der Waals surface area contributed by atoms with Gasteiger partial charge in [0.15, 0.2) is 0 Å². The first-order valence-electron chi connectivity index (χ1n) is 8.44. The molecule has 1 heterocycles. The molecule has 1 aliphatic carbocycles. The van der Waals surface area contributed by atoms with Crippen LogP contribution >= 0.6 is 0 Å². The maximum atomic E-state index is 13.1. The largest absolute Gasteiger partial charge is 0.393 e. The van der Waals surface area contributed by atoms with Crippen molar-refractivity contribution in [3.05, 3.63) is 35.6 Å². The minimum Gasteiger partial charge on any atom is -0.393 e. The van der Waals surface area contributed by atoms with Crippen molar-refractivity contribution < 1.29 is 14.2 Å². The van der Waals surface area contributed by atoms with E-state index in [1.54, 1.807) is 12.1 Å². The van der Waals surface area contributed by atoms with Gasteiger partial charge in [-0.2, -0.15) is 0 Å². The van der Waals surface area contributed by atoms with E-state index in [0.717, 1.165) is 18.7 Å². The zero-order valence-corrected chi connectivity index (χ0v) is 13.1. The van der Waals surface area contributed by atoms with Crippen molar-refractivity contribution in [2.45, 2.75) is 50.2 Å². The monoisotopic (exact) mass is 307 g/mol. The molecular formula is C18H26FNO2. The fourth-order valence-corrected chi connectivity index (χ4v) is 3.86. The highest BCUT2D eigenvalue weighted by molar-refractivity contribution is 5.19. The van der Waals surface area contributed by atoms with Gasteiger partial charge in [-0.15, -0.1) is 0 Å². The van der Waals surface area contributed by atoms with E-state index < -0.39 is 5.60 Å². The molecule has 1 aromatic rings. The van der Waals surface area contributed by atoms with Crippen molar-refractivity contribution in [3.63, 3.8) is 0 Å². The van der Waals surface area contributed by atoms with Crippen LogP contribution in [0, 0.1) is 5.82 Å². The number of hydrogen-bond acceptors (Lipinski definition) is 3. The molecule has 1 aromatic carbocycles. The Balaban J connectivity index is 1.69. The van der Waals surface area contributed by atoms with Gasteiger partial charge in [-0.3, -0.25) is 4.90 Å². The highest BCUT2D eigenvalue weighted by Gasteiger charge is 2.38. The van der Waals surface area contributed by atoms with E-state index in [1.807, 2.05) is 0 Å². The third-order valence-electron chi connectivity index (χ3n) is 5.10. The van der Waals surface area contributed by atoms with E-state index in [2.05, 4.69) is 4.90 Å². The molecule has 0 aromatic heterocycles. The summed E-state index contributed by atoms with van der Waals surface area (Å²) >= 11 is 0. The van der Waals surface area contributed by atoms with Crippen molar-refractivity contribution in [2.24, 2.45) is 0 Å². The zero-order valence-electron chi connectivity index (χ0n) is 13.1. The SMILES string of the molecule is OCC1(Cc2ccc(F)cc2)CN(C2CCCCC2)CCO1.